The molecule has 1 unspecified atom stereocenters. The van der Waals surface area contributed by atoms with E-state index in [9.17, 15) is 9.59 Å². The van der Waals surface area contributed by atoms with Crippen LogP contribution in [0.1, 0.15) is 38.3 Å². The Morgan fingerprint density at radius 3 is 2.64 bits per heavy atom. The van der Waals surface area contributed by atoms with Gasteiger partial charge in [0, 0.05) is 30.2 Å². The largest absolute Gasteiger partial charge is 0.355 e. The second-order valence-corrected chi connectivity index (χ2v) is 8.78. The molecule has 1 fully saturated rings. The van der Waals surface area contributed by atoms with Crippen molar-refractivity contribution in [3.63, 3.8) is 0 Å². The molecule has 0 radical (unpaired) electrons. The quantitative estimate of drug-likeness (QED) is 0.813. The lowest BCUT2D eigenvalue weighted by Crippen LogP contribution is -2.34. The van der Waals surface area contributed by atoms with E-state index in [-0.39, 0.29) is 29.6 Å². The van der Waals surface area contributed by atoms with Gasteiger partial charge >= 0.3 is 0 Å². The van der Waals surface area contributed by atoms with Crippen molar-refractivity contribution in [2.75, 3.05) is 18.0 Å². The van der Waals surface area contributed by atoms with Crippen LogP contribution in [0.3, 0.4) is 0 Å². The van der Waals surface area contributed by atoms with Crippen molar-refractivity contribution < 1.29 is 9.59 Å². The van der Waals surface area contributed by atoms with E-state index in [1.807, 2.05) is 42.5 Å². The van der Waals surface area contributed by atoms with Gasteiger partial charge in [-0.2, -0.15) is 0 Å². The van der Waals surface area contributed by atoms with E-state index < -0.39 is 0 Å². The first-order chi connectivity index (χ1) is 13.3. The number of halogens is 1. The fraction of sp³-hybridized carbons (Fsp3) is 0.391. The maximum absolute atomic E-state index is 12.6. The summed E-state index contributed by atoms with van der Waals surface area (Å²) in [5.74, 6) is -0.377. The van der Waals surface area contributed by atoms with Crippen LogP contribution < -0.4 is 10.2 Å². The van der Waals surface area contributed by atoms with E-state index in [4.69, 9.17) is 11.6 Å². The van der Waals surface area contributed by atoms with Crippen molar-refractivity contribution in [3.05, 3.63) is 64.7 Å². The number of nitrogens with zero attached hydrogens (tertiary/aromatic N) is 1. The summed E-state index contributed by atoms with van der Waals surface area (Å²) in [6.45, 7) is 7.35. The Kier molecular flexibility index (Phi) is 6.09. The van der Waals surface area contributed by atoms with Gasteiger partial charge in [-0.25, -0.2) is 0 Å². The highest BCUT2D eigenvalue weighted by atomic mass is 35.5. The van der Waals surface area contributed by atoms with Crippen LogP contribution in [0.2, 0.25) is 5.02 Å². The van der Waals surface area contributed by atoms with Gasteiger partial charge in [-0.05, 0) is 41.2 Å². The molecule has 1 saturated heterocycles. The number of amides is 2. The molecule has 1 aliphatic rings. The molecule has 4 nitrogen and oxygen atoms in total. The fourth-order valence-corrected chi connectivity index (χ4v) is 3.84. The molecule has 3 rings (SSSR count). The van der Waals surface area contributed by atoms with Gasteiger partial charge in [0.15, 0.2) is 0 Å². The molecule has 1 atom stereocenters. The van der Waals surface area contributed by atoms with E-state index in [2.05, 4.69) is 32.2 Å². The van der Waals surface area contributed by atoms with E-state index in [1.54, 1.807) is 4.90 Å². The van der Waals surface area contributed by atoms with Crippen LogP contribution in [-0.2, 0) is 21.4 Å². The molecule has 0 bridgehead atoms. The van der Waals surface area contributed by atoms with E-state index in [0.717, 1.165) is 16.8 Å². The van der Waals surface area contributed by atoms with Crippen molar-refractivity contribution in [3.8, 4) is 0 Å². The van der Waals surface area contributed by atoms with Gasteiger partial charge in [0.05, 0.1) is 5.92 Å². The smallest absolute Gasteiger partial charge is 0.227 e. The van der Waals surface area contributed by atoms with Crippen molar-refractivity contribution in [2.45, 2.75) is 39.0 Å². The molecule has 5 heteroatoms. The standard InChI is InChI=1S/C23H27ClN2O2/c1-23(2,3)19-9-4-5-10-20(19)26-15-17(14-21(26)27)22(28)25-12-11-16-7-6-8-18(24)13-16/h4-10,13,17H,11-12,14-15H2,1-3H3,(H,25,28). The molecule has 148 valence electrons. The molecule has 28 heavy (non-hydrogen) atoms. The minimum atomic E-state index is -0.320. The van der Waals surface area contributed by atoms with Gasteiger partial charge in [-0.1, -0.05) is 62.7 Å². The molecular formula is C23H27ClN2O2. The Morgan fingerprint density at radius 1 is 1.18 bits per heavy atom. The second kappa shape index (κ2) is 8.36. The van der Waals surface area contributed by atoms with Gasteiger partial charge in [-0.15, -0.1) is 0 Å². The average Bonchev–Trinajstić information content (AvgIpc) is 3.03. The third-order valence-corrected chi connectivity index (χ3v) is 5.34. The summed E-state index contributed by atoms with van der Waals surface area (Å²) in [5.41, 5.74) is 3.03. The molecule has 2 amide bonds. The number of benzene rings is 2. The first kappa shape index (κ1) is 20.4. The van der Waals surface area contributed by atoms with Crippen molar-refractivity contribution in [2.24, 2.45) is 5.92 Å². The fourth-order valence-electron chi connectivity index (χ4n) is 3.63. The lowest BCUT2D eigenvalue weighted by atomic mass is 9.85. The number of hydrogen-bond acceptors (Lipinski definition) is 2. The maximum Gasteiger partial charge on any atom is 0.227 e. The Morgan fingerprint density at radius 2 is 1.93 bits per heavy atom. The summed E-state index contributed by atoms with van der Waals surface area (Å²) in [6, 6.07) is 15.6. The van der Waals surface area contributed by atoms with Gasteiger partial charge in [0.2, 0.25) is 11.8 Å². The normalized spacial score (nSPS) is 17.1. The van der Waals surface area contributed by atoms with Crippen molar-refractivity contribution in [1.29, 1.82) is 0 Å². The van der Waals surface area contributed by atoms with Gasteiger partial charge in [0.25, 0.3) is 0 Å². The van der Waals surface area contributed by atoms with Crippen LogP contribution in [0.15, 0.2) is 48.5 Å². The van der Waals surface area contributed by atoms with Crippen LogP contribution in [0.5, 0.6) is 0 Å². The predicted molar refractivity (Wildman–Crippen MR) is 114 cm³/mol. The summed E-state index contributed by atoms with van der Waals surface area (Å²) >= 11 is 5.99. The Labute approximate surface area is 171 Å². The number of rotatable bonds is 5. The monoisotopic (exact) mass is 398 g/mol. The van der Waals surface area contributed by atoms with Gasteiger partial charge in [0.1, 0.15) is 0 Å². The number of anilines is 1. The second-order valence-electron chi connectivity index (χ2n) is 8.34. The first-order valence-corrected chi connectivity index (χ1v) is 10.1. The topological polar surface area (TPSA) is 49.4 Å². The number of carbonyl (C=O) groups is 2. The van der Waals surface area contributed by atoms with Crippen LogP contribution >= 0.6 is 11.6 Å². The molecule has 1 aliphatic heterocycles. The molecule has 2 aromatic rings. The summed E-state index contributed by atoms with van der Waals surface area (Å²) in [4.78, 5) is 27.0. The van der Waals surface area contributed by atoms with E-state index >= 15 is 0 Å². The first-order valence-electron chi connectivity index (χ1n) is 9.68. The molecule has 1 heterocycles. The molecule has 0 aliphatic carbocycles. The molecule has 1 N–H and O–H groups in total. The van der Waals surface area contributed by atoms with Gasteiger partial charge in [-0.3, -0.25) is 9.59 Å². The van der Waals surface area contributed by atoms with Crippen molar-refractivity contribution in [1.82, 2.24) is 5.32 Å². The minimum Gasteiger partial charge on any atom is -0.355 e. The zero-order chi connectivity index (χ0) is 20.3. The predicted octanol–water partition coefficient (Wildman–Crippen LogP) is 4.35. The maximum atomic E-state index is 12.6. The zero-order valence-electron chi connectivity index (χ0n) is 16.7. The number of para-hydroxylation sites is 1. The summed E-state index contributed by atoms with van der Waals surface area (Å²) < 4.78 is 0. The Hall–Kier alpha value is -2.33. The van der Waals surface area contributed by atoms with Gasteiger partial charge < -0.3 is 10.2 Å². The molecule has 0 saturated carbocycles. The third kappa shape index (κ3) is 4.74. The van der Waals surface area contributed by atoms with Crippen LogP contribution in [0, 0.1) is 5.92 Å². The summed E-state index contributed by atoms with van der Waals surface area (Å²) in [5, 5.41) is 3.66. The number of nitrogens with one attached hydrogen (secondary N) is 1. The Bertz CT molecular complexity index is 873. The minimum absolute atomic E-state index is 0.00620. The van der Waals surface area contributed by atoms with Crippen LogP contribution in [0.25, 0.3) is 0 Å². The molecule has 0 spiro atoms. The highest BCUT2D eigenvalue weighted by Gasteiger charge is 2.36. The Balaban J connectivity index is 1.62. The lowest BCUT2D eigenvalue weighted by Gasteiger charge is -2.27. The van der Waals surface area contributed by atoms with E-state index in [1.165, 1.54) is 0 Å². The summed E-state index contributed by atoms with van der Waals surface area (Å²) in [6.07, 6.45) is 0.963. The number of hydrogen-bond donors (Lipinski definition) is 1. The van der Waals surface area contributed by atoms with Crippen LogP contribution in [-0.4, -0.2) is 24.9 Å². The molecular weight excluding hydrogens is 372 g/mol. The SMILES string of the molecule is CC(C)(C)c1ccccc1N1CC(C(=O)NCCc2cccc(Cl)c2)CC1=O. The van der Waals surface area contributed by atoms with Crippen molar-refractivity contribution >= 4 is 29.1 Å². The number of carbonyl (C=O) groups excluding carboxylic acids is 2. The zero-order valence-corrected chi connectivity index (χ0v) is 17.4. The average molecular weight is 399 g/mol. The lowest BCUT2D eigenvalue weighted by molar-refractivity contribution is -0.126. The highest BCUT2D eigenvalue weighted by Crippen LogP contribution is 2.35. The van der Waals surface area contributed by atoms with Crippen LogP contribution in [0.4, 0.5) is 5.69 Å². The van der Waals surface area contributed by atoms with E-state index in [0.29, 0.717) is 24.5 Å². The third-order valence-electron chi connectivity index (χ3n) is 5.10. The summed E-state index contributed by atoms with van der Waals surface area (Å²) in [7, 11) is 0. The molecule has 2 aromatic carbocycles. The highest BCUT2D eigenvalue weighted by molar-refractivity contribution is 6.30. The molecule has 0 aromatic heterocycles.